The monoisotopic (exact) mass is 371 g/mol. The minimum Gasteiger partial charge on any atom is -0.335 e. The zero-order chi connectivity index (χ0) is 18.7. The van der Waals surface area contributed by atoms with Crippen molar-refractivity contribution in [2.75, 3.05) is 11.2 Å². The number of anilines is 1. The van der Waals surface area contributed by atoms with Crippen LogP contribution in [-0.2, 0) is 4.79 Å². The number of benzene rings is 2. The van der Waals surface area contributed by atoms with Crippen molar-refractivity contribution in [2.45, 2.75) is 24.3 Å². The molecule has 1 amide bonds. The highest BCUT2D eigenvalue weighted by Gasteiger charge is 2.20. The van der Waals surface area contributed by atoms with Crippen LogP contribution in [0.25, 0.3) is 11.4 Å². The second-order valence-electron chi connectivity index (χ2n) is 5.80. The maximum atomic E-state index is 13.0. The second-order valence-corrected chi connectivity index (χ2v) is 7.11. The van der Waals surface area contributed by atoms with Crippen LogP contribution in [0.5, 0.6) is 0 Å². The molecule has 8 heteroatoms. The summed E-state index contributed by atoms with van der Waals surface area (Å²) >= 11 is 1.20. The fourth-order valence-corrected chi connectivity index (χ4v) is 3.02. The topological polar surface area (TPSA) is 85.8 Å². The van der Waals surface area contributed by atoms with Crippen LogP contribution in [0, 0.1) is 12.7 Å². The number of carbonyl (C=O) groups is 1. The number of carbonyl (C=O) groups excluding carboxylic acids is 1. The number of amides is 1. The molecule has 26 heavy (non-hydrogen) atoms. The van der Waals surface area contributed by atoms with Crippen LogP contribution in [0.2, 0.25) is 0 Å². The fraction of sp³-hybridized carbons (Fsp3) is 0.167. The molecular weight excluding hydrogens is 353 g/mol. The highest BCUT2D eigenvalue weighted by atomic mass is 32.2. The molecule has 0 aliphatic heterocycles. The Hall–Kier alpha value is -2.87. The van der Waals surface area contributed by atoms with E-state index in [9.17, 15) is 9.18 Å². The predicted octanol–water partition coefficient (Wildman–Crippen LogP) is 3.23. The number of halogens is 1. The van der Waals surface area contributed by atoms with Gasteiger partial charge in [0.2, 0.25) is 11.1 Å². The predicted molar refractivity (Wildman–Crippen MR) is 101 cm³/mol. The highest BCUT2D eigenvalue weighted by molar-refractivity contribution is 8.00. The van der Waals surface area contributed by atoms with Gasteiger partial charge in [0.1, 0.15) is 5.82 Å². The molecule has 0 bridgehead atoms. The largest absolute Gasteiger partial charge is 0.335 e. The van der Waals surface area contributed by atoms with Crippen molar-refractivity contribution in [2.24, 2.45) is 0 Å². The van der Waals surface area contributed by atoms with Crippen molar-refractivity contribution in [3.8, 4) is 11.4 Å². The number of nitrogens with zero attached hydrogens (tertiary/aromatic N) is 3. The second kappa shape index (κ2) is 7.57. The normalized spacial score (nSPS) is 12.0. The quantitative estimate of drug-likeness (QED) is 0.531. The van der Waals surface area contributed by atoms with Gasteiger partial charge in [-0.25, -0.2) is 9.07 Å². The van der Waals surface area contributed by atoms with Crippen LogP contribution in [0.4, 0.5) is 10.1 Å². The summed E-state index contributed by atoms with van der Waals surface area (Å²) in [6.07, 6.45) is 0. The summed E-state index contributed by atoms with van der Waals surface area (Å²) < 4.78 is 14.3. The number of thioether (sulfide) groups is 1. The third-order valence-corrected chi connectivity index (χ3v) is 4.79. The van der Waals surface area contributed by atoms with Crippen molar-refractivity contribution < 1.29 is 9.18 Å². The Morgan fingerprint density at radius 1 is 1.15 bits per heavy atom. The molecule has 1 heterocycles. The molecule has 0 fully saturated rings. The van der Waals surface area contributed by atoms with Gasteiger partial charge in [0.25, 0.3) is 0 Å². The van der Waals surface area contributed by atoms with E-state index < -0.39 is 5.25 Å². The molecule has 0 unspecified atom stereocenters. The van der Waals surface area contributed by atoms with Crippen molar-refractivity contribution in [3.63, 3.8) is 0 Å². The lowest BCUT2D eigenvalue weighted by Gasteiger charge is -2.11. The van der Waals surface area contributed by atoms with E-state index in [0.29, 0.717) is 16.5 Å². The molecule has 2 aromatic carbocycles. The van der Waals surface area contributed by atoms with Crippen LogP contribution in [-0.4, -0.2) is 26.0 Å². The van der Waals surface area contributed by atoms with Crippen LogP contribution in [0.1, 0.15) is 12.5 Å². The first kappa shape index (κ1) is 17.9. The molecule has 3 rings (SSSR count). The van der Waals surface area contributed by atoms with Crippen molar-refractivity contribution in [1.82, 2.24) is 14.9 Å². The molecule has 6 nitrogen and oxygen atoms in total. The summed E-state index contributed by atoms with van der Waals surface area (Å²) in [6, 6.07) is 13.4. The lowest BCUT2D eigenvalue weighted by molar-refractivity contribution is -0.115. The van der Waals surface area contributed by atoms with Gasteiger partial charge in [-0.3, -0.25) is 4.79 Å². The van der Waals surface area contributed by atoms with E-state index in [1.807, 2.05) is 31.2 Å². The minimum absolute atomic E-state index is 0.162. The lowest BCUT2D eigenvalue weighted by atomic mass is 10.2. The third-order valence-electron chi connectivity index (χ3n) is 3.74. The Morgan fingerprint density at radius 3 is 2.46 bits per heavy atom. The maximum Gasteiger partial charge on any atom is 0.237 e. The average molecular weight is 371 g/mol. The van der Waals surface area contributed by atoms with E-state index in [2.05, 4.69) is 15.5 Å². The van der Waals surface area contributed by atoms with Gasteiger partial charge < -0.3 is 11.2 Å². The number of nitrogen functional groups attached to an aromatic ring is 1. The van der Waals surface area contributed by atoms with E-state index in [0.717, 1.165) is 11.3 Å². The van der Waals surface area contributed by atoms with E-state index in [1.54, 1.807) is 19.1 Å². The molecule has 0 saturated heterocycles. The van der Waals surface area contributed by atoms with Gasteiger partial charge in [-0.1, -0.05) is 29.5 Å². The van der Waals surface area contributed by atoms with E-state index in [-0.39, 0.29) is 11.7 Å². The highest BCUT2D eigenvalue weighted by Crippen LogP contribution is 2.25. The molecule has 0 radical (unpaired) electrons. The van der Waals surface area contributed by atoms with Gasteiger partial charge in [0.05, 0.1) is 5.25 Å². The summed E-state index contributed by atoms with van der Waals surface area (Å²) in [6.45, 7) is 3.75. The fourth-order valence-electron chi connectivity index (χ4n) is 2.25. The van der Waals surface area contributed by atoms with Crippen LogP contribution < -0.4 is 11.2 Å². The molecule has 0 spiro atoms. The molecule has 3 aromatic rings. The Morgan fingerprint density at radius 2 is 1.81 bits per heavy atom. The number of aryl methyl sites for hydroxylation is 1. The summed E-state index contributed by atoms with van der Waals surface area (Å²) in [4.78, 5) is 12.4. The van der Waals surface area contributed by atoms with Crippen molar-refractivity contribution in [1.29, 1.82) is 0 Å². The maximum absolute atomic E-state index is 13.0. The number of hydrogen-bond acceptors (Lipinski definition) is 5. The summed E-state index contributed by atoms with van der Waals surface area (Å²) in [5.41, 5.74) is 2.49. The molecule has 134 valence electrons. The molecule has 1 aromatic heterocycles. The minimum atomic E-state index is -0.427. The molecule has 0 aliphatic rings. The Bertz CT molecular complexity index is 908. The zero-order valence-electron chi connectivity index (χ0n) is 14.3. The molecule has 3 N–H and O–H groups in total. The van der Waals surface area contributed by atoms with Crippen LogP contribution in [0.3, 0.4) is 0 Å². The number of rotatable bonds is 5. The SMILES string of the molecule is Cc1ccc(NC(=O)[C@H](C)Sc2nnc(-c3ccc(F)cc3)n2N)cc1. The summed E-state index contributed by atoms with van der Waals surface area (Å²) in [7, 11) is 0. The van der Waals surface area contributed by atoms with Gasteiger partial charge in [-0.05, 0) is 50.2 Å². The lowest BCUT2D eigenvalue weighted by Crippen LogP contribution is -2.23. The summed E-state index contributed by atoms with van der Waals surface area (Å²) in [5.74, 6) is 5.94. The third kappa shape index (κ3) is 4.02. The Labute approximate surface area is 154 Å². The van der Waals surface area contributed by atoms with Crippen LogP contribution in [0.15, 0.2) is 53.7 Å². The number of nitrogens with one attached hydrogen (secondary N) is 1. The van der Waals surface area contributed by atoms with Gasteiger partial charge in [0, 0.05) is 11.3 Å². The molecule has 1 atom stereocenters. The van der Waals surface area contributed by atoms with E-state index in [1.165, 1.54) is 28.6 Å². The zero-order valence-corrected chi connectivity index (χ0v) is 15.1. The average Bonchev–Trinajstić information content (AvgIpc) is 2.98. The number of hydrogen-bond donors (Lipinski definition) is 2. The molecule has 0 aliphatic carbocycles. The molecule has 0 saturated carbocycles. The van der Waals surface area contributed by atoms with Gasteiger partial charge in [-0.2, -0.15) is 0 Å². The van der Waals surface area contributed by atoms with Crippen molar-refractivity contribution >= 4 is 23.4 Å². The van der Waals surface area contributed by atoms with Gasteiger partial charge in [0.15, 0.2) is 5.82 Å². The van der Waals surface area contributed by atoms with Gasteiger partial charge >= 0.3 is 0 Å². The first-order valence-corrected chi connectivity index (χ1v) is 8.82. The van der Waals surface area contributed by atoms with Gasteiger partial charge in [-0.15, -0.1) is 10.2 Å². The Kier molecular flexibility index (Phi) is 5.22. The standard InChI is InChI=1S/C18H18FN5OS/c1-11-3-9-15(10-4-11)21-17(25)12(2)26-18-23-22-16(24(18)20)13-5-7-14(19)8-6-13/h3-10,12H,20H2,1-2H3,(H,21,25)/t12-/m0/s1. The first-order valence-electron chi connectivity index (χ1n) is 7.94. The Balaban J connectivity index is 1.69. The number of aromatic nitrogens is 3. The smallest absolute Gasteiger partial charge is 0.237 e. The number of nitrogens with two attached hydrogens (primary N) is 1. The van der Waals surface area contributed by atoms with Crippen LogP contribution >= 0.6 is 11.8 Å². The van der Waals surface area contributed by atoms with Crippen molar-refractivity contribution in [3.05, 3.63) is 59.9 Å². The summed E-state index contributed by atoms with van der Waals surface area (Å²) in [5, 5.41) is 10.9. The first-order chi connectivity index (χ1) is 12.4. The molecular formula is C18H18FN5OS. The van der Waals surface area contributed by atoms with E-state index in [4.69, 9.17) is 5.84 Å². The van der Waals surface area contributed by atoms with E-state index >= 15 is 0 Å².